The van der Waals surface area contributed by atoms with Crippen molar-refractivity contribution in [1.82, 2.24) is 0 Å². The molecule has 1 N–H and O–H groups in total. The van der Waals surface area contributed by atoms with Crippen LogP contribution in [0.3, 0.4) is 0 Å². The first-order valence-electron chi connectivity index (χ1n) is 5.58. The second-order valence-corrected chi connectivity index (χ2v) is 5.43. The molecule has 0 saturated carbocycles. The summed E-state index contributed by atoms with van der Waals surface area (Å²) >= 11 is 0. The van der Waals surface area contributed by atoms with E-state index in [0.717, 1.165) is 19.3 Å². The van der Waals surface area contributed by atoms with E-state index < -0.39 is 10.1 Å². The lowest BCUT2D eigenvalue weighted by Gasteiger charge is -2.11. The van der Waals surface area contributed by atoms with Gasteiger partial charge in [-0.2, -0.15) is 8.42 Å². The number of hydrogen-bond acceptors (Lipinski definition) is 3. The first kappa shape index (κ1) is 15.8. The van der Waals surface area contributed by atoms with Gasteiger partial charge in [-0.15, -0.1) is 0 Å². The third-order valence-electron chi connectivity index (χ3n) is 2.21. The van der Waals surface area contributed by atoms with E-state index in [1.165, 1.54) is 0 Å². The number of unbranched alkanes of at least 4 members (excludes halogenated alkanes) is 3. The van der Waals surface area contributed by atoms with Gasteiger partial charge in [-0.25, -0.2) is 0 Å². The molecule has 0 rings (SSSR count). The minimum atomic E-state index is -3.88. The highest BCUT2D eigenvalue weighted by Gasteiger charge is 2.09. The summed E-state index contributed by atoms with van der Waals surface area (Å²) in [6.07, 6.45) is 3.36. The molecule has 0 amide bonds. The maximum atomic E-state index is 11.7. The van der Waals surface area contributed by atoms with Crippen molar-refractivity contribution in [1.29, 1.82) is 0 Å². The maximum absolute atomic E-state index is 11.7. The van der Waals surface area contributed by atoms with Crippen LogP contribution in [0, 0.1) is 0 Å². The molecule has 0 fully saturated rings. The molecule has 0 aromatic heterocycles. The van der Waals surface area contributed by atoms with Crippen LogP contribution in [0.25, 0.3) is 0 Å². The van der Waals surface area contributed by atoms with Crippen molar-refractivity contribution in [2.45, 2.75) is 45.1 Å². The molecule has 1 atom stereocenters. The number of ether oxygens (including phenoxy) is 1. The van der Waals surface area contributed by atoms with E-state index in [9.17, 15) is 12.8 Å². The van der Waals surface area contributed by atoms with Gasteiger partial charge in [0.1, 0.15) is 0 Å². The van der Waals surface area contributed by atoms with Crippen molar-refractivity contribution >= 4 is 10.1 Å². The lowest BCUT2D eigenvalue weighted by Crippen LogP contribution is -2.15. The van der Waals surface area contributed by atoms with Crippen LogP contribution in [-0.2, 0) is 14.9 Å². The van der Waals surface area contributed by atoms with Crippen LogP contribution >= 0.6 is 0 Å². The van der Waals surface area contributed by atoms with Gasteiger partial charge < -0.3 is 4.74 Å². The average Bonchev–Trinajstić information content (AvgIpc) is 2.19. The normalized spacial score (nSPS) is 13.9. The van der Waals surface area contributed by atoms with Gasteiger partial charge in [-0.3, -0.25) is 8.94 Å². The predicted molar refractivity (Wildman–Crippen MR) is 60.9 cm³/mol. The topological polar surface area (TPSA) is 63.6 Å². The van der Waals surface area contributed by atoms with Crippen LogP contribution in [0.4, 0.5) is 4.39 Å². The smallest absolute Gasteiger partial charge is 0.264 e. The SMILES string of the molecule is CC(CCS(=O)(=O)O)OCCCCCCF. The molecule has 0 aromatic rings. The van der Waals surface area contributed by atoms with Crippen LogP contribution < -0.4 is 0 Å². The molecular formula is C10H21FO4S. The molecule has 0 aromatic carbocycles. The Bertz CT molecular complexity index is 254. The van der Waals surface area contributed by atoms with Gasteiger partial charge in [0.05, 0.1) is 18.5 Å². The zero-order chi connectivity index (χ0) is 12.4. The van der Waals surface area contributed by atoms with Crippen LogP contribution in [0.1, 0.15) is 39.0 Å². The zero-order valence-electron chi connectivity index (χ0n) is 9.69. The summed E-state index contributed by atoms with van der Waals surface area (Å²) in [6.45, 7) is 2.05. The van der Waals surface area contributed by atoms with E-state index in [0.29, 0.717) is 19.4 Å². The van der Waals surface area contributed by atoms with E-state index >= 15 is 0 Å². The van der Waals surface area contributed by atoms with Crippen molar-refractivity contribution < 1.29 is 22.1 Å². The highest BCUT2D eigenvalue weighted by molar-refractivity contribution is 7.85. The van der Waals surface area contributed by atoms with Crippen LogP contribution in [0.15, 0.2) is 0 Å². The monoisotopic (exact) mass is 256 g/mol. The Hall–Kier alpha value is -0.200. The molecular weight excluding hydrogens is 235 g/mol. The van der Waals surface area contributed by atoms with Gasteiger partial charge in [0.15, 0.2) is 0 Å². The van der Waals surface area contributed by atoms with E-state index in [1.54, 1.807) is 6.92 Å². The maximum Gasteiger partial charge on any atom is 0.264 e. The predicted octanol–water partition coefficient (Wildman–Crippen LogP) is 2.20. The molecule has 0 saturated heterocycles. The minimum absolute atomic E-state index is 0.178. The molecule has 0 radical (unpaired) electrons. The second-order valence-electron chi connectivity index (χ2n) is 3.86. The summed E-state index contributed by atoms with van der Waals surface area (Å²) in [6, 6.07) is 0. The molecule has 98 valence electrons. The summed E-state index contributed by atoms with van der Waals surface area (Å²) in [5.41, 5.74) is 0. The van der Waals surface area contributed by atoms with E-state index in [1.807, 2.05) is 0 Å². The molecule has 0 aliphatic heterocycles. The van der Waals surface area contributed by atoms with Crippen molar-refractivity contribution in [2.75, 3.05) is 19.0 Å². The highest BCUT2D eigenvalue weighted by atomic mass is 32.2. The molecule has 6 heteroatoms. The number of alkyl halides is 1. The average molecular weight is 256 g/mol. The van der Waals surface area contributed by atoms with Gasteiger partial charge >= 0.3 is 0 Å². The van der Waals surface area contributed by atoms with Gasteiger partial charge in [0.2, 0.25) is 0 Å². The molecule has 1 unspecified atom stereocenters. The zero-order valence-corrected chi connectivity index (χ0v) is 10.5. The van der Waals surface area contributed by atoms with E-state index in [-0.39, 0.29) is 18.5 Å². The summed E-state index contributed by atoms with van der Waals surface area (Å²) in [7, 11) is -3.88. The third kappa shape index (κ3) is 11.9. The van der Waals surface area contributed by atoms with Gasteiger partial charge in [-0.05, 0) is 26.2 Å². The Morgan fingerprint density at radius 2 is 1.88 bits per heavy atom. The van der Waals surface area contributed by atoms with Gasteiger partial charge in [0, 0.05) is 6.61 Å². The van der Waals surface area contributed by atoms with Crippen LogP contribution in [0.2, 0.25) is 0 Å². The Morgan fingerprint density at radius 3 is 2.44 bits per heavy atom. The van der Waals surface area contributed by atoms with Crippen molar-refractivity contribution in [2.24, 2.45) is 0 Å². The molecule has 0 aliphatic carbocycles. The summed E-state index contributed by atoms with van der Waals surface area (Å²) < 4.78 is 46.5. The molecule has 0 spiro atoms. The quantitative estimate of drug-likeness (QED) is 0.481. The molecule has 0 aliphatic rings. The minimum Gasteiger partial charge on any atom is -0.378 e. The first-order chi connectivity index (χ1) is 7.45. The summed E-state index contributed by atoms with van der Waals surface area (Å²) in [5, 5.41) is 0. The molecule has 0 heterocycles. The molecule has 4 nitrogen and oxygen atoms in total. The Kier molecular flexibility index (Phi) is 8.78. The van der Waals surface area contributed by atoms with Crippen molar-refractivity contribution in [3.63, 3.8) is 0 Å². The Labute approximate surface area is 96.9 Å². The fraction of sp³-hybridized carbons (Fsp3) is 1.00. The summed E-state index contributed by atoms with van der Waals surface area (Å²) in [5.74, 6) is -0.268. The van der Waals surface area contributed by atoms with Gasteiger partial charge in [-0.1, -0.05) is 12.8 Å². The van der Waals surface area contributed by atoms with E-state index in [2.05, 4.69) is 0 Å². The second kappa shape index (κ2) is 8.90. The third-order valence-corrected chi connectivity index (χ3v) is 2.96. The lowest BCUT2D eigenvalue weighted by molar-refractivity contribution is 0.0609. The Balaban J connectivity index is 3.34. The van der Waals surface area contributed by atoms with Crippen LogP contribution in [-0.4, -0.2) is 38.1 Å². The van der Waals surface area contributed by atoms with Crippen molar-refractivity contribution in [3.8, 4) is 0 Å². The number of halogens is 1. The summed E-state index contributed by atoms with van der Waals surface area (Å²) in [4.78, 5) is 0. The standard InChI is InChI=1S/C10H21FO4S/c1-10(6-9-16(12,13)14)15-8-5-3-2-4-7-11/h10H,2-9H2,1H3,(H,12,13,14). The van der Waals surface area contributed by atoms with Gasteiger partial charge in [0.25, 0.3) is 10.1 Å². The highest BCUT2D eigenvalue weighted by Crippen LogP contribution is 2.04. The number of rotatable bonds is 10. The molecule has 0 bridgehead atoms. The lowest BCUT2D eigenvalue weighted by atomic mass is 10.2. The number of hydrogen-bond donors (Lipinski definition) is 1. The van der Waals surface area contributed by atoms with Crippen LogP contribution in [0.5, 0.6) is 0 Å². The first-order valence-corrected chi connectivity index (χ1v) is 7.19. The fourth-order valence-electron chi connectivity index (χ4n) is 1.23. The van der Waals surface area contributed by atoms with E-state index in [4.69, 9.17) is 9.29 Å². The van der Waals surface area contributed by atoms with Crippen molar-refractivity contribution in [3.05, 3.63) is 0 Å². The fourth-order valence-corrected chi connectivity index (χ4v) is 1.86. The Morgan fingerprint density at radius 1 is 1.25 bits per heavy atom. The molecule has 16 heavy (non-hydrogen) atoms. The largest absolute Gasteiger partial charge is 0.378 e.